The third kappa shape index (κ3) is 4.81. The summed E-state index contributed by atoms with van der Waals surface area (Å²) >= 11 is 0. The van der Waals surface area contributed by atoms with Gasteiger partial charge < -0.3 is 9.88 Å². The molecule has 1 amide bonds. The molecule has 0 aliphatic heterocycles. The van der Waals surface area contributed by atoms with Gasteiger partial charge in [-0.25, -0.2) is 4.98 Å². The van der Waals surface area contributed by atoms with E-state index >= 15 is 0 Å². The number of carbonyl (C=O) groups excluding carboxylic acids is 1. The third-order valence-corrected chi connectivity index (χ3v) is 5.08. The second kappa shape index (κ2) is 9.65. The van der Waals surface area contributed by atoms with E-state index in [2.05, 4.69) is 39.6 Å². The van der Waals surface area contributed by atoms with Gasteiger partial charge in [-0.2, -0.15) is 0 Å². The topological polar surface area (TPSA) is 59.8 Å². The van der Waals surface area contributed by atoms with E-state index in [1.165, 1.54) is 0 Å². The number of amides is 1. The van der Waals surface area contributed by atoms with Gasteiger partial charge in [-0.1, -0.05) is 66.7 Å². The molecule has 150 valence electrons. The minimum Gasteiger partial charge on any atom is -0.354 e. The first-order chi connectivity index (χ1) is 14.8. The molecule has 4 rings (SSSR count). The Labute approximate surface area is 176 Å². The van der Waals surface area contributed by atoms with Crippen molar-refractivity contribution in [3.8, 4) is 11.5 Å². The minimum absolute atomic E-state index is 0.0322. The number of rotatable bonds is 8. The summed E-state index contributed by atoms with van der Waals surface area (Å²) in [7, 11) is 0. The molecule has 2 heterocycles. The van der Waals surface area contributed by atoms with Crippen LogP contribution in [0, 0.1) is 0 Å². The molecule has 0 fully saturated rings. The molecule has 0 aliphatic rings. The van der Waals surface area contributed by atoms with Crippen molar-refractivity contribution >= 4 is 5.91 Å². The Morgan fingerprint density at radius 2 is 1.50 bits per heavy atom. The van der Waals surface area contributed by atoms with Crippen LogP contribution in [0.5, 0.6) is 0 Å². The van der Waals surface area contributed by atoms with E-state index in [0.717, 1.165) is 22.6 Å². The fourth-order valence-electron chi connectivity index (χ4n) is 3.59. The zero-order valence-corrected chi connectivity index (χ0v) is 16.7. The Morgan fingerprint density at radius 3 is 2.13 bits per heavy atom. The van der Waals surface area contributed by atoms with Gasteiger partial charge in [0.1, 0.15) is 5.69 Å². The number of aromatic nitrogens is 3. The van der Waals surface area contributed by atoms with Crippen LogP contribution in [-0.4, -0.2) is 27.0 Å². The Hall–Kier alpha value is -3.73. The highest BCUT2D eigenvalue weighted by Crippen LogP contribution is 2.27. The average Bonchev–Trinajstić information content (AvgIpc) is 3.28. The van der Waals surface area contributed by atoms with E-state index < -0.39 is 0 Å². The van der Waals surface area contributed by atoms with Crippen LogP contribution < -0.4 is 5.32 Å². The van der Waals surface area contributed by atoms with Gasteiger partial charge in [0.25, 0.3) is 0 Å². The lowest BCUT2D eigenvalue weighted by Crippen LogP contribution is -2.28. The van der Waals surface area contributed by atoms with Crippen LogP contribution >= 0.6 is 0 Å². The molecular weight excluding hydrogens is 372 g/mol. The summed E-state index contributed by atoms with van der Waals surface area (Å²) in [5, 5.41) is 3.06. The maximum atomic E-state index is 12.7. The van der Waals surface area contributed by atoms with Gasteiger partial charge in [0, 0.05) is 44.0 Å². The molecule has 5 nitrogen and oxygen atoms in total. The molecular formula is C25H24N4O. The molecule has 0 saturated heterocycles. The normalized spacial score (nSPS) is 10.8. The van der Waals surface area contributed by atoms with Gasteiger partial charge >= 0.3 is 0 Å². The van der Waals surface area contributed by atoms with Gasteiger partial charge in [-0.15, -0.1) is 0 Å². The van der Waals surface area contributed by atoms with E-state index in [1.54, 1.807) is 12.4 Å². The molecule has 5 heteroatoms. The molecule has 2 aromatic carbocycles. The minimum atomic E-state index is 0.0322. The van der Waals surface area contributed by atoms with Gasteiger partial charge in [-0.05, 0) is 23.3 Å². The third-order valence-electron chi connectivity index (χ3n) is 5.08. The number of hydrogen-bond acceptors (Lipinski definition) is 3. The van der Waals surface area contributed by atoms with Gasteiger partial charge in [0.05, 0.1) is 0 Å². The molecule has 1 N–H and O–H groups in total. The largest absolute Gasteiger partial charge is 0.354 e. The number of benzene rings is 2. The number of imidazole rings is 1. The van der Waals surface area contributed by atoms with E-state index in [9.17, 15) is 4.79 Å². The van der Waals surface area contributed by atoms with E-state index in [0.29, 0.717) is 19.5 Å². The quantitative estimate of drug-likeness (QED) is 0.483. The first kappa shape index (κ1) is 19.6. The average molecular weight is 396 g/mol. The monoisotopic (exact) mass is 396 g/mol. The van der Waals surface area contributed by atoms with E-state index in [1.807, 2.05) is 65.4 Å². The number of pyridine rings is 1. The molecule has 0 spiro atoms. The first-order valence-corrected chi connectivity index (χ1v) is 10.1. The molecule has 0 bridgehead atoms. The summed E-state index contributed by atoms with van der Waals surface area (Å²) in [6, 6.07) is 26.1. The highest BCUT2D eigenvalue weighted by Gasteiger charge is 2.18. The molecule has 0 radical (unpaired) electrons. The van der Waals surface area contributed by atoms with E-state index in [-0.39, 0.29) is 11.8 Å². The van der Waals surface area contributed by atoms with Crippen molar-refractivity contribution in [3.63, 3.8) is 0 Å². The lowest BCUT2D eigenvalue weighted by Gasteiger charge is -2.18. The number of hydrogen-bond donors (Lipinski definition) is 1. The van der Waals surface area contributed by atoms with E-state index in [4.69, 9.17) is 0 Å². The predicted molar refractivity (Wildman–Crippen MR) is 118 cm³/mol. The van der Waals surface area contributed by atoms with Crippen LogP contribution in [-0.2, 0) is 11.3 Å². The van der Waals surface area contributed by atoms with Crippen molar-refractivity contribution in [3.05, 3.63) is 109 Å². The zero-order chi connectivity index (χ0) is 20.6. The van der Waals surface area contributed by atoms with Crippen LogP contribution in [0.4, 0.5) is 0 Å². The van der Waals surface area contributed by atoms with Crippen molar-refractivity contribution < 1.29 is 4.79 Å². The molecule has 0 atom stereocenters. The number of nitrogens with one attached hydrogen (secondary N) is 1. The Balaban J connectivity index is 1.39. The van der Waals surface area contributed by atoms with Gasteiger partial charge in [0.15, 0.2) is 5.82 Å². The van der Waals surface area contributed by atoms with Crippen molar-refractivity contribution in [2.45, 2.75) is 18.9 Å². The summed E-state index contributed by atoms with van der Waals surface area (Å²) in [4.78, 5) is 21.5. The van der Waals surface area contributed by atoms with Crippen LogP contribution in [0.25, 0.3) is 11.5 Å². The van der Waals surface area contributed by atoms with Gasteiger partial charge in [-0.3, -0.25) is 9.78 Å². The van der Waals surface area contributed by atoms with Crippen LogP contribution in [0.2, 0.25) is 0 Å². The Kier molecular flexibility index (Phi) is 6.30. The van der Waals surface area contributed by atoms with Crippen LogP contribution in [0.15, 0.2) is 97.5 Å². The zero-order valence-electron chi connectivity index (χ0n) is 16.7. The summed E-state index contributed by atoms with van der Waals surface area (Å²) in [6.45, 7) is 1.17. The Morgan fingerprint density at radius 1 is 0.833 bits per heavy atom. The first-order valence-electron chi connectivity index (χ1n) is 10.1. The molecule has 2 aromatic heterocycles. The maximum Gasteiger partial charge on any atom is 0.221 e. The lowest BCUT2D eigenvalue weighted by molar-refractivity contribution is -0.121. The summed E-state index contributed by atoms with van der Waals surface area (Å²) in [6.07, 6.45) is 5.83. The van der Waals surface area contributed by atoms with Crippen LogP contribution in [0.3, 0.4) is 0 Å². The molecule has 0 saturated carbocycles. The SMILES string of the molecule is O=C(CC(c1ccccc1)c1ccccc1)NCCn1ccnc1-c1ccccn1. The highest BCUT2D eigenvalue weighted by atomic mass is 16.1. The summed E-state index contributed by atoms with van der Waals surface area (Å²) in [5.74, 6) is 0.869. The number of carbonyl (C=O) groups is 1. The predicted octanol–water partition coefficient (Wildman–Crippen LogP) is 4.28. The van der Waals surface area contributed by atoms with Crippen molar-refractivity contribution in [2.24, 2.45) is 0 Å². The smallest absolute Gasteiger partial charge is 0.221 e. The van der Waals surface area contributed by atoms with Crippen LogP contribution in [0.1, 0.15) is 23.5 Å². The Bertz CT molecular complexity index is 1020. The van der Waals surface area contributed by atoms with Crippen molar-refractivity contribution in [1.29, 1.82) is 0 Å². The summed E-state index contributed by atoms with van der Waals surface area (Å²) < 4.78 is 2.01. The fraction of sp³-hybridized carbons (Fsp3) is 0.160. The second-order valence-electron chi connectivity index (χ2n) is 7.09. The van der Waals surface area contributed by atoms with Crippen molar-refractivity contribution in [1.82, 2.24) is 19.9 Å². The number of nitrogens with zero attached hydrogens (tertiary/aromatic N) is 3. The standard InChI is InChI=1S/C25H24N4O/c30-24(19-22(20-9-3-1-4-10-20)21-11-5-2-6-12-21)27-15-17-29-18-16-28-25(29)23-13-7-8-14-26-23/h1-14,16,18,22H,15,17,19H2,(H,27,30). The van der Waals surface area contributed by atoms with Crippen molar-refractivity contribution in [2.75, 3.05) is 6.54 Å². The lowest BCUT2D eigenvalue weighted by atomic mass is 9.88. The maximum absolute atomic E-state index is 12.7. The van der Waals surface area contributed by atoms with Gasteiger partial charge in [0.2, 0.25) is 5.91 Å². The second-order valence-corrected chi connectivity index (χ2v) is 7.09. The summed E-state index contributed by atoms with van der Waals surface area (Å²) in [5.41, 5.74) is 3.11. The highest BCUT2D eigenvalue weighted by molar-refractivity contribution is 5.77. The molecule has 0 unspecified atom stereocenters. The fourth-order valence-corrected chi connectivity index (χ4v) is 3.59. The molecule has 0 aliphatic carbocycles. The molecule has 4 aromatic rings. The molecule has 30 heavy (non-hydrogen) atoms.